The first-order valence-corrected chi connectivity index (χ1v) is 15.7. The summed E-state index contributed by atoms with van der Waals surface area (Å²) in [5.74, 6) is 1.50. The van der Waals surface area contributed by atoms with Gasteiger partial charge < -0.3 is 4.74 Å². The second-order valence-corrected chi connectivity index (χ2v) is 9.66. The van der Waals surface area contributed by atoms with Crippen LogP contribution in [0.3, 0.4) is 0 Å². The number of rotatable bonds is 8. The molecule has 3 aromatic rings. The second kappa shape index (κ2) is 19.4. The second-order valence-electron chi connectivity index (χ2n) is 9.66. The molecule has 4 rings (SSSR count). The molecular formula is C37H52N2O3. The van der Waals surface area contributed by atoms with E-state index in [0.29, 0.717) is 28.8 Å². The third-order valence-corrected chi connectivity index (χ3v) is 6.80. The van der Waals surface area contributed by atoms with Crippen LogP contribution >= 0.6 is 0 Å². The molecule has 42 heavy (non-hydrogen) atoms. The van der Waals surface area contributed by atoms with Gasteiger partial charge in [-0.15, -0.1) is 0 Å². The average molecular weight is 573 g/mol. The van der Waals surface area contributed by atoms with E-state index < -0.39 is 0 Å². The lowest BCUT2D eigenvalue weighted by Gasteiger charge is -2.14. The molecule has 0 saturated heterocycles. The van der Waals surface area contributed by atoms with Crippen LogP contribution in [0, 0.1) is 5.92 Å². The standard InChI is InChI=1S/C31H34N2O3.3C2H6/c1-5-24-19-23(12-18-27(24)22(4)34)11-10-21(3)25-13-15-26(16-14-25)36-31-32-29-8-6-7-20(2)9-17-28(29)30(35)33-31;3*1-2/h6,8-9,12-21H,5,7,10-11H2,1-4H3,(H,32,33,35);3*1-2H3/b8-6+,17-9-;;;. The Labute approximate surface area is 254 Å². The molecule has 0 aliphatic heterocycles. The third-order valence-electron chi connectivity index (χ3n) is 6.80. The Morgan fingerprint density at radius 3 is 2.31 bits per heavy atom. The zero-order valence-electron chi connectivity index (χ0n) is 27.5. The fraction of sp³-hybridized carbons (Fsp3) is 0.432. The topological polar surface area (TPSA) is 72.0 Å². The summed E-state index contributed by atoms with van der Waals surface area (Å²) >= 11 is 0. The van der Waals surface area contributed by atoms with Gasteiger partial charge in [-0.3, -0.25) is 14.6 Å². The molecule has 0 spiro atoms. The Kier molecular flexibility index (Phi) is 16.8. The van der Waals surface area contributed by atoms with E-state index in [1.54, 1.807) is 6.92 Å². The molecule has 1 N–H and O–H groups in total. The first-order valence-electron chi connectivity index (χ1n) is 15.7. The number of allylic oxidation sites excluding steroid dienone is 2. The van der Waals surface area contributed by atoms with Crippen molar-refractivity contribution in [2.75, 3.05) is 0 Å². The molecular weight excluding hydrogens is 520 g/mol. The maximum atomic E-state index is 12.6. The van der Waals surface area contributed by atoms with Crippen molar-refractivity contribution < 1.29 is 9.53 Å². The summed E-state index contributed by atoms with van der Waals surface area (Å²) in [6.07, 6.45) is 11.5. The summed E-state index contributed by atoms with van der Waals surface area (Å²) in [6, 6.07) is 14.3. The number of benzene rings is 2. The maximum absolute atomic E-state index is 12.6. The lowest BCUT2D eigenvalue weighted by Crippen LogP contribution is -2.15. The quantitative estimate of drug-likeness (QED) is 0.273. The van der Waals surface area contributed by atoms with Gasteiger partial charge in [-0.25, -0.2) is 0 Å². The Bertz CT molecular complexity index is 1350. The summed E-state index contributed by atoms with van der Waals surface area (Å²) < 4.78 is 5.89. The van der Waals surface area contributed by atoms with E-state index in [1.165, 1.54) is 11.1 Å². The molecule has 0 fully saturated rings. The summed E-state index contributed by atoms with van der Waals surface area (Å²) in [7, 11) is 0. The Morgan fingerprint density at radius 2 is 1.69 bits per heavy atom. The van der Waals surface area contributed by atoms with Gasteiger partial charge >= 0.3 is 6.01 Å². The van der Waals surface area contributed by atoms with Crippen molar-refractivity contribution in [1.29, 1.82) is 0 Å². The third kappa shape index (κ3) is 10.6. The highest BCUT2D eigenvalue weighted by atomic mass is 16.5. The molecule has 2 atom stereocenters. The molecule has 5 nitrogen and oxygen atoms in total. The molecule has 1 aliphatic rings. The minimum atomic E-state index is -0.210. The van der Waals surface area contributed by atoms with E-state index in [9.17, 15) is 9.59 Å². The number of carbonyl (C=O) groups is 1. The molecule has 5 heteroatoms. The Balaban J connectivity index is 0.00000138. The molecule has 0 radical (unpaired) electrons. The van der Waals surface area contributed by atoms with Crippen LogP contribution in [0.15, 0.2) is 59.4 Å². The van der Waals surface area contributed by atoms with Crippen LogP contribution in [0.25, 0.3) is 12.2 Å². The summed E-state index contributed by atoms with van der Waals surface area (Å²) in [5.41, 5.74) is 5.39. The van der Waals surface area contributed by atoms with Crippen molar-refractivity contribution in [3.8, 4) is 11.8 Å². The predicted octanol–water partition coefficient (Wildman–Crippen LogP) is 10.2. The van der Waals surface area contributed by atoms with Crippen molar-refractivity contribution in [2.45, 2.75) is 101 Å². The molecule has 1 aliphatic carbocycles. The number of aromatic nitrogens is 2. The van der Waals surface area contributed by atoms with Gasteiger partial charge in [0.25, 0.3) is 5.56 Å². The summed E-state index contributed by atoms with van der Waals surface area (Å²) in [4.78, 5) is 31.7. The number of Topliss-reactive ketones (excluding diaryl/α,β-unsaturated/α-hetero) is 1. The Morgan fingerprint density at radius 1 is 1.02 bits per heavy atom. The number of hydrogen-bond donors (Lipinski definition) is 1. The maximum Gasteiger partial charge on any atom is 0.302 e. The number of nitrogens with zero attached hydrogens (tertiary/aromatic N) is 1. The molecule has 2 unspecified atom stereocenters. The number of aromatic amines is 1. The van der Waals surface area contributed by atoms with Crippen molar-refractivity contribution in [2.24, 2.45) is 5.92 Å². The molecule has 1 aromatic heterocycles. The van der Waals surface area contributed by atoms with Crippen molar-refractivity contribution in [3.05, 3.63) is 98.5 Å². The van der Waals surface area contributed by atoms with Gasteiger partial charge in [0, 0.05) is 5.56 Å². The van der Waals surface area contributed by atoms with Gasteiger partial charge in [-0.2, -0.15) is 4.98 Å². The van der Waals surface area contributed by atoms with E-state index in [1.807, 2.05) is 84.0 Å². The normalized spacial score (nSPS) is 15.3. The minimum Gasteiger partial charge on any atom is -0.426 e. The number of ether oxygens (including phenoxy) is 1. The first-order chi connectivity index (χ1) is 20.3. The number of H-pyrrole nitrogens is 1. The van der Waals surface area contributed by atoms with Gasteiger partial charge in [0.1, 0.15) is 5.75 Å². The van der Waals surface area contributed by atoms with Gasteiger partial charge in [0.05, 0.1) is 11.3 Å². The monoisotopic (exact) mass is 572 g/mol. The van der Waals surface area contributed by atoms with Gasteiger partial charge in [0.15, 0.2) is 5.78 Å². The minimum absolute atomic E-state index is 0.123. The van der Waals surface area contributed by atoms with Gasteiger partial charge in [-0.1, -0.05) is 111 Å². The van der Waals surface area contributed by atoms with E-state index in [4.69, 9.17) is 4.74 Å². The van der Waals surface area contributed by atoms with Crippen molar-refractivity contribution in [3.63, 3.8) is 0 Å². The highest BCUT2D eigenvalue weighted by molar-refractivity contribution is 5.95. The molecule has 0 saturated carbocycles. The van der Waals surface area contributed by atoms with Crippen LogP contribution in [0.1, 0.15) is 126 Å². The summed E-state index contributed by atoms with van der Waals surface area (Å²) in [6.45, 7) is 20.0. The smallest absolute Gasteiger partial charge is 0.302 e. The molecule has 0 bridgehead atoms. The number of fused-ring (bicyclic) bond motifs is 1. The highest BCUT2D eigenvalue weighted by Gasteiger charge is 2.13. The molecule has 1 heterocycles. The number of aryl methyl sites for hydroxylation is 2. The van der Waals surface area contributed by atoms with E-state index in [-0.39, 0.29) is 17.4 Å². The lowest BCUT2D eigenvalue weighted by atomic mass is 9.92. The fourth-order valence-electron chi connectivity index (χ4n) is 4.51. The van der Waals surface area contributed by atoms with E-state index in [2.05, 4.69) is 55.0 Å². The van der Waals surface area contributed by atoms with Crippen LogP contribution in [0.4, 0.5) is 0 Å². The largest absolute Gasteiger partial charge is 0.426 e. The van der Waals surface area contributed by atoms with Crippen molar-refractivity contribution >= 4 is 17.9 Å². The van der Waals surface area contributed by atoms with Crippen molar-refractivity contribution in [1.82, 2.24) is 9.97 Å². The SMILES string of the molecule is CC.CC.CC.CCc1cc(CCC(C)c2ccc(Oc3nc4c(c(=O)[nH]3)/C=C\C(C)C/C=C/4)cc2)ccc1C(C)=O. The van der Waals surface area contributed by atoms with Gasteiger partial charge in [0.2, 0.25) is 0 Å². The number of ketones is 1. The number of nitrogens with one attached hydrogen (secondary N) is 1. The van der Waals surface area contributed by atoms with E-state index >= 15 is 0 Å². The van der Waals surface area contributed by atoms with Crippen LogP contribution in [0.2, 0.25) is 0 Å². The molecule has 228 valence electrons. The number of carbonyl (C=O) groups excluding carboxylic acids is 1. The summed E-state index contributed by atoms with van der Waals surface area (Å²) in [5, 5.41) is 0. The van der Waals surface area contributed by atoms with Crippen LogP contribution in [-0.2, 0) is 12.8 Å². The molecule has 2 aromatic carbocycles. The van der Waals surface area contributed by atoms with Crippen LogP contribution in [-0.4, -0.2) is 15.8 Å². The molecule has 0 amide bonds. The average Bonchev–Trinajstić information content (AvgIpc) is 3.01. The zero-order valence-corrected chi connectivity index (χ0v) is 27.5. The van der Waals surface area contributed by atoms with Crippen LogP contribution in [0.5, 0.6) is 11.8 Å². The first kappa shape index (κ1) is 36.3. The fourth-order valence-corrected chi connectivity index (χ4v) is 4.51. The van der Waals surface area contributed by atoms with Crippen LogP contribution < -0.4 is 10.3 Å². The lowest BCUT2D eigenvalue weighted by molar-refractivity contribution is 0.101. The highest BCUT2D eigenvalue weighted by Crippen LogP contribution is 2.26. The van der Waals surface area contributed by atoms with E-state index in [0.717, 1.165) is 36.8 Å². The number of hydrogen-bond acceptors (Lipinski definition) is 4. The van der Waals surface area contributed by atoms with Gasteiger partial charge in [-0.05, 0) is 79.3 Å². The zero-order chi connectivity index (χ0) is 31.7. The Hall–Kier alpha value is -3.73. The predicted molar refractivity (Wildman–Crippen MR) is 180 cm³/mol.